The Hall–Kier alpha value is -4.14. The number of nitrogen functional groups attached to an aromatic ring is 1. The van der Waals surface area contributed by atoms with Crippen LogP contribution in [0.25, 0.3) is 11.0 Å². The van der Waals surface area contributed by atoms with Crippen LogP contribution in [0.15, 0.2) is 59.4 Å². The molecule has 1 aliphatic heterocycles. The molecule has 9 nitrogen and oxygen atoms in total. The molecule has 0 radical (unpaired) electrons. The summed E-state index contributed by atoms with van der Waals surface area (Å²) in [5, 5.41) is 6.35. The number of hydrogen-bond donors (Lipinski definition) is 4. The van der Waals surface area contributed by atoms with Crippen LogP contribution >= 0.6 is 0 Å². The van der Waals surface area contributed by atoms with Crippen molar-refractivity contribution in [1.82, 2.24) is 20.2 Å². The second-order valence-electron chi connectivity index (χ2n) is 7.31. The number of nitrogens with zero attached hydrogens (tertiary/aromatic N) is 3. The van der Waals surface area contributed by atoms with Gasteiger partial charge < -0.3 is 26.7 Å². The van der Waals surface area contributed by atoms with E-state index in [0.717, 1.165) is 10.9 Å². The van der Waals surface area contributed by atoms with Crippen LogP contribution < -0.4 is 22.1 Å². The number of carbonyl (C=O) groups is 2. The summed E-state index contributed by atoms with van der Waals surface area (Å²) in [6.07, 6.45) is 2.74. The molecule has 158 valence electrons. The molecule has 1 aliphatic rings. The Bertz CT molecular complexity index is 1230. The molecule has 1 aromatic carbocycles. The number of anilines is 1. The summed E-state index contributed by atoms with van der Waals surface area (Å²) in [6.45, 7) is 2.86. The number of para-hydroxylation sites is 1. The summed E-state index contributed by atoms with van der Waals surface area (Å²) >= 11 is 0. The van der Waals surface area contributed by atoms with Gasteiger partial charge in [0.05, 0.1) is 18.3 Å². The Labute approximate surface area is 178 Å². The Morgan fingerprint density at radius 3 is 2.94 bits per heavy atom. The lowest BCUT2D eigenvalue weighted by Gasteiger charge is -2.23. The Balaban J connectivity index is 1.52. The summed E-state index contributed by atoms with van der Waals surface area (Å²) in [4.78, 5) is 33.7. The molecule has 1 atom stereocenters. The number of hydrogen-bond acceptors (Lipinski definition) is 6. The first-order valence-corrected chi connectivity index (χ1v) is 9.84. The largest absolute Gasteiger partial charge is 0.403 e. The molecular formula is C22H23N7O2. The molecule has 2 amide bonds. The summed E-state index contributed by atoms with van der Waals surface area (Å²) in [5.41, 5.74) is 14.8. The lowest BCUT2D eigenvalue weighted by Crippen LogP contribution is -2.37. The minimum absolute atomic E-state index is 0.0352. The number of allylic oxidation sites excluding steroid dienone is 1. The molecular weight excluding hydrogens is 394 g/mol. The Kier molecular flexibility index (Phi) is 5.40. The molecule has 0 saturated heterocycles. The third-order valence-corrected chi connectivity index (χ3v) is 5.13. The topological polar surface area (TPSA) is 140 Å². The molecule has 9 heteroatoms. The predicted octanol–water partition coefficient (Wildman–Crippen LogP) is 1.72. The van der Waals surface area contributed by atoms with Crippen molar-refractivity contribution in [3.05, 3.63) is 71.3 Å². The van der Waals surface area contributed by atoms with Crippen LogP contribution in [0, 0.1) is 0 Å². The number of amides is 2. The molecule has 0 saturated carbocycles. The quantitative estimate of drug-likeness (QED) is 0.370. The maximum absolute atomic E-state index is 12.7. The number of nitrogens with two attached hydrogens (primary N) is 2. The number of pyridine rings is 1. The minimum Gasteiger partial charge on any atom is -0.403 e. The molecule has 3 heterocycles. The second kappa shape index (κ2) is 8.31. The molecule has 0 bridgehead atoms. The number of aliphatic imine (C=N–C) groups is 1. The van der Waals surface area contributed by atoms with Gasteiger partial charge in [0.2, 0.25) is 0 Å². The van der Waals surface area contributed by atoms with Gasteiger partial charge in [-0.25, -0.2) is 4.98 Å². The van der Waals surface area contributed by atoms with Gasteiger partial charge in [-0.15, -0.1) is 0 Å². The monoisotopic (exact) mass is 417 g/mol. The van der Waals surface area contributed by atoms with Gasteiger partial charge in [-0.1, -0.05) is 18.2 Å². The SMILES string of the molecule is C[C@@H]1CNC(=O)c2cc3ccc(C(=O)NC(C=NCc4ccccc4N)=CN)nc3n21. The first-order chi connectivity index (χ1) is 15.0. The van der Waals surface area contributed by atoms with E-state index in [4.69, 9.17) is 11.5 Å². The third-order valence-electron chi connectivity index (χ3n) is 5.13. The van der Waals surface area contributed by atoms with Crippen molar-refractivity contribution < 1.29 is 9.59 Å². The smallest absolute Gasteiger partial charge is 0.274 e. The number of nitrogens with one attached hydrogen (secondary N) is 2. The van der Waals surface area contributed by atoms with Gasteiger partial charge in [-0.05, 0) is 36.8 Å². The fourth-order valence-corrected chi connectivity index (χ4v) is 3.50. The van der Waals surface area contributed by atoms with Crippen molar-refractivity contribution in [2.45, 2.75) is 19.5 Å². The lowest BCUT2D eigenvalue weighted by molar-refractivity contribution is 0.0918. The molecule has 4 rings (SSSR count). The zero-order valence-electron chi connectivity index (χ0n) is 17.0. The van der Waals surface area contributed by atoms with Crippen LogP contribution in [-0.4, -0.2) is 34.1 Å². The first kappa shape index (κ1) is 20.1. The van der Waals surface area contributed by atoms with Gasteiger partial charge in [0.1, 0.15) is 17.0 Å². The third kappa shape index (κ3) is 3.97. The second-order valence-corrected chi connectivity index (χ2v) is 7.31. The highest BCUT2D eigenvalue weighted by atomic mass is 16.2. The first-order valence-electron chi connectivity index (χ1n) is 9.84. The van der Waals surface area contributed by atoms with Crippen LogP contribution in [0.3, 0.4) is 0 Å². The maximum Gasteiger partial charge on any atom is 0.274 e. The minimum atomic E-state index is -0.423. The fourth-order valence-electron chi connectivity index (χ4n) is 3.50. The normalized spacial score (nSPS) is 16.4. The molecule has 31 heavy (non-hydrogen) atoms. The molecule has 6 N–H and O–H groups in total. The van der Waals surface area contributed by atoms with E-state index in [-0.39, 0.29) is 17.6 Å². The van der Waals surface area contributed by atoms with Crippen molar-refractivity contribution in [1.29, 1.82) is 0 Å². The van der Waals surface area contributed by atoms with Crippen LogP contribution in [0.2, 0.25) is 0 Å². The maximum atomic E-state index is 12.7. The van der Waals surface area contributed by atoms with Crippen LogP contribution in [0.5, 0.6) is 0 Å². The van der Waals surface area contributed by atoms with E-state index in [1.807, 2.05) is 29.7 Å². The summed E-state index contributed by atoms with van der Waals surface area (Å²) in [7, 11) is 0. The highest BCUT2D eigenvalue weighted by molar-refractivity contribution is 6.01. The molecule has 0 unspecified atom stereocenters. The van der Waals surface area contributed by atoms with Crippen LogP contribution in [-0.2, 0) is 6.54 Å². The highest BCUT2D eigenvalue weighted by Crippen LogP contribution is 2.25. The summed E-state index contributed by atoms with van der Waals surface area (Å²) in [5.74, 6) is -0.571. The zero-order valence-corrected chi connectivity index (χ0v) is 17.0. The van der Waals surface area contributed by atoms with Crippen molar-refractivity contribution >= 4 is 34.7 Å². The Morgan fingerprint density at radius 1 is 1.35 bits per heavy atom. The van der Waals surface area contributed by atoms with Gasteiger partial charge in [0.25, 0.3) is 11.8 Å². The van der Waals surface area contributed by atoms with Crippen LogP contribution in [0.4, 0.5) is 5.69 Å². The number of rotatable bonds is 5. The number of carbonyl (C=O) groups excluding carboxylic acids is 2. The molecule has 0 fully saturated rings. The van der Waals surface area contributed by atoms with Crippen molar-refractivity contribution in [3.8, 4) is 0 Å². The van der Waals surface area contributed by atoms with E-state index < -0.39 is 5.91 Å². The molecule has 2 aromatic heterocycles. The Morgan fingerprint density at radius 2 is 2.16 bits per heavy atom. The van der Waals surface area contributed by atoms with E-state index >= 15 is 0 Å². The van der Waals surface area contributed by atoms with Gasteiger partial charge in [0.15, 0.2) is 0 Å². The van der Waals surface area contributed by atoms with Gasteiger partial charge in [0, 0.05) is 30.0 Å². The summed E-state index contributed by atoms with van der Waals surface area (Å²) < 4.78 is 1.86. The van der Waals surface area contributed by atoms with Gasteiger partial charge >= 0.3 is 0 Å². The van der Waals surface area contributed by atoms with Crippen molar-refractivity contribution in [2.24, 2.45) is 10.7 Å². The molecule has 3 aromatic rings. The lowest BCUT2D eigenvalue weighted by atomic mass is 10.2. The number of fused-ring (bicyclic) bond motifs is 3. The fraction of sp³-hybridized carbons (Fsp3) is 0.182. The average Bonchev–Trinajstić information content (AvgIpc) is 3.17. The number of aromatic nitrogens is 2. The zero-order chi connectivity index (χ0) is 22.0. The van der Waals surface area contributed by atoms with E-state index in [1.54, 1.807) is 24.3 Å². The van der Waals surface area contributed by atoms with E-state index in [1.165, 1.54) is 12.4 Å². The van der Waals surface area contributed by atoms with E-state index in [9.17, 15) is 9.59 Å². The van der Waals surface area contributed by atoms with Crippen LogP contribution in [0.1, 0.15) is 39.5 Å². The van der Waals surface area contributed by atoms with Gasteiger partial charge in [-0.3, -0.25) is 14.6 Å². The van der Waals surface area contributed by atoms with Crippen molar-refractivity contribution in [3.63, 3.8) is 0 Å². The summed E-state index contributed by atoms with van der Waals surface area (Å²) in [6, 6.07) is 12.6. The predicted molar refractivity (Wildman–Crippen MR) is 120 cm³/mol. The standard InChI is InChI=1S/C22H23N7O2/c1-13-10-26-22(31)19-8-14-6-7-18(28-20(14)29(13)19)21(30)27-16(9-23)12-25-11-15-4-2-3-5-17(15)24/h2-9,12-13H,10-11,23-24H2,1H3,(H,26,31)(H,27,30)/t13-/m1/s1. The molecule has 0 spiro atoms. The van der Waals surface area contributed by atoms with Gasteiger partial charge in [-0.2, -0.15) is 0 Å². The van der Waals surface area contributed by atoms with Crippen molar-refractivity contribution in [2.75, 3.05) is 12.3 Å². The molecule has 0 aliphatic carbocycles. The average molecular weight is 417 g/mol. The highest BCUT2D eigenvalue weighted by Gasteiger charge is 2.25. The van der Waals surface area contributed by atoms with E-state index in [0.29, 0.717) is 35.8 Å². The van der Waals surface area contributed by atoms with E-state index in [2.05, 4.69) is 20.6 Å². The number of benzene rings is 1.